The molecule has 1 aliphatic rings. The van der Waals surface area contributed by atoms with Gasteiger partial charge in [0.25, 0.3) is 5.91 Å². The highest BCUT2D eigenvalue weighted by molar-refractivity contribution is 7.89. The molecule has 2 aromatic rings. The highest BCUT2D eigenvalue weighted by Crippen LogP contribution is 2.28. The third-order valence-electron chi connectivity index (χ3n) is 4.39. The zero-order chi connectivity index (χ0) is 21.9. The summed E-state index contributed by atoms with van der Waals surface area (Å²) >= 11 is 17.6. The van der Waals surface area contributed by atoms with Crippen LogP contribution < -0.4 is 5.32 Å². The molecule has 1 saturated heterocycles. The van der Waals surface area contributed by atoms with Crippen molar-refractivity contribution in [3.05, 3.63) is 57.5 Å². The molecular formula is C19H17Cl3N2O5S. The Morgan fingerprint density at radius 1 is 1.03 bits per heavy atom. The average Bonchev–Trinajstić information content (AvgIpc) is 3.16. The van der Waals surface area contributed by atoms with Gasteiger partial charge >= 0.3 is 5.97 Å². The lowest BCUT2D eigenvalue weighted by Crippen LogP contribution is -2.42. The van der Waals surface area contributed by atoms with E-state index in [4.69, 9.17) is 39.5 Å². The van der Waals surface area contributed by atoms with Gasteiger partial charge in [0.15, 0.2) is 6.61 Å². The summed E-state index contributed by atoms with van der Waals surface area (Å²) in [6, 6.07) is 9.17. The third kappa shape index (κ3) is 5.44. The third-order valence-corrected chi connectivity index (χ3v) is 7.00. The molecule has 0 aromatic heterocycles. The van der Waals surface area contributed by atoms with Gasteiger partial charge in [0.05, 0.1) is 4.90 Å². The number of hydrogen-bond donors (Lipinski definition) is 1. The molecule has 1 aliphatic heterocycles. The fourth-order valence-corrected chi connectivity index (χ4v) is 5.36. The number of ether oxygens (including phenoxy) is 1. The number of hydrogen-bond acceptors (Lipinski definition) is 5. The molecule has 2 aromatic carbocycles. The van der Waals surface area contributed by atoms with E-state index in [2.05, 4.69) is 5.32 Å². The van der Waals surface area contributed by atoms with E-state index in [1.54, 1.807) is 0 Å². The molecule has 0 radical (unpaired) electrons. The first-order chi connectivity index (χ1) is 14.2. The highest BCUT2D eigenvalue weighted by atomic mass is 35.5. The van der Waals surface area contributed by atoms with Gasteiger partial charge in [-0.05, 0) is 55.3 Å². The van der Waals surface area contributed by atoms with Crippen LogP contribution >= 0.6 is 34.8 Å². The minimum absolute atomic E-state index is 0.0298. The molecular weight excluding hydrogens is 475 g/mol. The minimum atomic E-state index is -3.90. The average molecular weight is 492 g/mol. The number of sulfonamides is 1. The zero-order valence-electron chi connectivity index (χ0n) is 15.5. The topological polar surface area (TPSA) is 92.8 Å². The first-order valence-electron chi connectivity index (χ1n) is 8.87. The molecule has 1 atom stereocenters. The van der Waals surface area contributed by atoms with Crippen molar-refractivity contribution in [3.8, 4) is 0 Å². The molecule has 1 amide bonds. The number of halogens is 3. The normalized spacial score (nSPS) is 17.0. The lowest BCUT2D eigenvalue weighted by Gasteiger charge is -2.22. The Hall–Kier alpha value is -1.84. The van der Waals surface area contributed by atoms with Crippen molar-refractivity contribution in [2.75, 3.05) is 18.5 Å². The molecule has 7 nitrogen and oxygen atoms in total. The summed E-state index contributed by atoms with van der Waals surface area (Å²) in [6.45, 7) is -0.397. The van der Waals surface area contributed by atoms with Gasteiger partial charge in [-0.15, -0.1) is 0 Å². The number of rotatable bonds is 6. The quantitative estimate of drug-likeness (QED) is 0.617. The summed E-state index contributed by atoms with van der Waals surface area (Å²) in [5, 5.41) is 3.59. The monoisotopic (exact) mass is 490 g/mol. The molecule has 160 valence electrons. The van der Waals surface area contributed by atoms with Crippen molar-refractivity contribution < 1.29 is 22.7 Å². The van der Waals surface area contributed by atoms with Crippen molar-refractivity contribution in [2.24, 2.45) is 0 Å². The van der Waals surface area contributed by atoms with E-state index in [0.29, 0.717) is 33.6 Å². The molecule has 1 N–H and O–H groups in total. The first kappa shape index (κ1) is 22.8. The lowest BCUT2D eigenvalue weighted by atomic mass is 10.2. The second-order valence-electron chi connectivity index (χ2n) is 6.54. The maximum atomic E-state index is 12.9. The number of nitrogens with one attached hydrogen (secondary N) is 1. The van der Waals surface area contributed by atoms with Crippen LogP contribution in [0.4, 0.5) is 5.69 Å². The van der Waals surface area contributed by atoms with E-state index in [9.17, 15) is 18.0 Å². The van der Waals surface area contributed by atoms with E-state index >= 15 is 0 Å². The Kier molecular flexibility index (Phi) is 7.26. The van der Waals surface area contributed by atoms with Crippen LogP contribution in [0.5, 0.6) is 0 Å². The van der Waals surface area contributed by atoms with Crippen molar-refractivity contribution in [1.82, 2.24) is 4.31 Å². The van der Waals surface area contributed by atoms with Crippen molar-refractivity contribution >= 4 is 62.4 Å². The molecule has 0 saturated carbocycles. The maximum absolute atomic E-state index is 12.9. The Morgan fingerprint density at radius 3 is 2.30 bits per heavy atom. The van der Waals surface area contributed by atoms with Crippen LogP contribution in [0.25, 0.3) is 0 Å². The second-order valence-corrected chi connectivity index (χ2v) is 9.74. The van der Waals surface area contributed by atoms with Gasteiger partial charge in [0.1, 0.15) is 6.04 Å². The van der Waals surface area contributed by atoms with E-state index < -0.39 is 34.5 Å². The highest BCUT2D eigenvalue weighted by Gasteiger charge is 2.40. The van der Waals surface area contributed by atoms with Crippen LogP contribution in [0.15, 0.2) is 47.4 Å². The number of benzene rings is 2. The number of carbonyl (C=O) groups excluding carboxylic acids is 2. The molecule has 1 heterocycles. The van der Waals surface area contributed by atoms with Crippen molar-refractivity contribution in [1.29, 1.82) is 0 Å². The molecule has 0 bridgehead atoms. The van der Waals surface area contributed by atoms with E-state index in [-0.39, 0.29) is 11.4 Å². The Bertz CT molecular complexity index is 1040. The molecule has 1 unspecified atom stereocenters. The van der Waals surface area contributed by atoms with Gasteiger partial charge in [-0.3, -0.25) is 9.59 Å². The summed E-state index contributed by atoms with van der Waals surface area (Å²) in [5.74, 6) is -1.39. The summed E-state index contributed by atoms with van der Waals surface area (Å²) in [4.78, 5) is 24.6. The fourth-order valence-electron chi connectivity index (χ4n) is 3.06. The predicted octanol–water partition coefficient (Wildman–Crippen LogP) is 3.98. The smallest absolute Gasteiger partial charge is 0.324 e. The van der Waals surface area contributed by atoms with Crippen LogP contribution in [-0.4, -0.2) is 43.8 Å². The predicted molar refractivity (Wildman–Crippen MR) is 114 cm³/mol. The fraction of sp³-hybridized carbons (Fsp3) is 0.263. The molecule has 3 rings (SSSR count). The molecule has 30 heavy (non-hydrogen) atoms. The zero-order valence-corrected chi connectivity index (χ0v) is 18.6. The van der Waals surface area contributed by atoms with Gasteiger partial charge in [-0.25, -0.2) is 8.42 Å². The van der Waals surface area contributed by atoms with Crippen LogP contribution in [0.1, 0.15) is 12.8 Å². The molecule has 0 aliphatic carbocycles. The molecule has 11 heteroatoms. The number of amides is 1. The number of anilines is 1. The standard InChI is InChI=1S/C19H17Cl3N2O5S/c20-12-3-5-16(6-4-12)30(27,28)24-7-1-2-17(24)19(26)29-11-18(25)23-15-9-13(21)8-14(22)10-15/h3-6,8-10,17H,1-2,7,11H2,(H,23,25). The SMILES string of the molecule is O=C(COC(=O)C1CCCN1S(=O)(=O)c1ccc(Cl)cc1)Nc1cc(Cl)cc(Cl)c1. The Labute approximate surface area is 188 Å². The summed E-state index contributed by atoms with van der Waals surface area (Å²) in [7, 11) is -3.90. The van der Waals surface area contributed by atoms with E-state index in [1.807, 2.05) is 0 Å². The summed E-state index contributed by atoms with van der Waals surface area (Å²) in [5.41, 5.74) is 0.348. The van der Waals surface area contributed by atoms with E-state index in [1.165, 1.54) is 42.5 Å². The van der Waals surface area contributed by atoms with Gasteiger partial charge in [0.2, 0.25) is 10.0 Å². The van der Waals surface area contributed by atoms with Gasteiger partial charge in [-0.1, -0.05) is 34.8 Å². The molecule has 0 spiro atoms. The summed E-state index contributed by atoms with van der Waals surface area (Å²) in [6.07, 6.45) is 0.803. The lowest BCUT2D eigenvalue weighted by molar-refractivity contribution is -0.150. The van der Waals surface area contributed by atoms with Gasteiger partial charge in [0, 0.05) is 27.3 Å². The van der Waals surface area contributed by atoms with Gasteiger partial charge in [-0.2, -0.15) is 4.31 Å². The number of nitrogens with zero attached hydrogens (tertiary/aromatic N) is 1. The first-order valence-corrected chi connectivity index (χ1v) is 11.4. The second kappa shape index (κ2) is 9.53. The van der Waals surface area contributed by atoms with E-state index in [0.717, 1.165) is 4.31 Å². The van der Waals surface area contributed by atoms with Crippen LogP contribution in [0, 0.1) is 0 Å². The minimum Gasteiger partial charge on any atom is -0.454 e. The van der Waals surface area contributed by atoms with Crippen molar-refractivity contribution in [2.45, 2.75) is 23.8 Å². The maximum Gasteiger partial charge on any atom is 0.324 e. The summed E-state index contributed by atoms with van der Waals surface area (Å²) < 4.78 is 31.9. The number of esters is 1. The largest absolute Gasteiger partial charge is 0.454 e. The van der Waals surface area contributed by atoms with Crippen LogP contribution in [-0.2, 0) is 24.3 Å². The van der Waals surface area contributed by atoms with Crippen LogP contribution in [0.3, 0.4) is 0 Å². The number of carbonyl (C=O) groups is 2. The molecule has 1 fully saturated rings. The van der Waals surface area contributed by atoms with Gasteiger partial charge < -0.3 is 10.1 Å². The Morgan fingerprint density at radius 2 is 1.67 bits per heavy atom. The van der Waals surface area contributed by atoms with Crippen LogP contribution in [0.2, 0.25) is 15.1 Å². The Balaban J connectivity index is 1.63. The van der Waals surface area contributed by atoms with Crippen molar-refractivity contribution in [3.63, 3.8) is 0 Å².